The highest BCUT2D eigenvalue weighted by Crippen LogP contribution is 2.03. The molecule has 0 unspecified atom stereocenters. The maximum Gasteiger partial charge on any atom is 0.220 e. The lowest BCUT2D eigenvalue weighted by atomic mass is 10.1. The van der Waals surface area contributed by atoms with Crippen LogP contribution in [-0.4, -0.2) is 16.9 Å². The van der Waals surface area contributed by atoms with E-state index in [1.165, 1.54) is 29.3 Å². The number of benzene rings is 1. The fraction of sp³-hybridized carbons (Fsp3) is 0.533. The van der Waals surface area contributed by atoms with Gasteiger partial charge in [0, 0.05) is 13.0 Å². The minimum absolute atomic E-state index is 0.174. The molecular weight excluding hydrogens is 337 g/mol. The van der Waals surface area contributed by atoms with Crippen molar-refractivity contribution in [2.75, 3.05) is 11.0 Å². The predicted molar refractivity (Wildman–Crippen MR) is 85.1 cm³/mol. The summed E-state index contributed by atoms with van der Waals surface area (Å²) in [5.74, 6) is 0.174. The van der Waals surface area contributed by atoms with Gasteiger partial charge in [-0.05, 0) is 29.3 Å². The average Bonchev–Trinajstić information content (AvgIpc) is 2.41. The van der Waals surface area contributed by atoms with Crippen molar-refractivity contribution in [3.8, 4) is 0 Å². The minimum atomic E-state index is 0.174. The number of carbonyl (C=O) groups excluding carboxylic acids is 1. The smallest absolute Gasteiger partial charge is 0.220 e. The molecule has 1 rings (SSSR count). The van der Waals surface area contributed by atoms with E-state index in [-0.39, 0.29) is 5.91 Å². The van der Waals surface area contributed by atoms with E-state index in [1.807, 2.05) is 18.2 Å². The topological polar surface area (TPSA) is 29.1 Å². The number of hydrogen-bond acceptors (Lipinski definition) is 1. The Morgan fingerprint density at radius 3 is 2.50 bits per heavy atom. The number of alkyl halides is 1. The first kappa shape index (κ1) is 15.5. The van der Waals surface area contributed by atoms with Crippen molar-refractivity contribution in [3.63, 3.8) is 0 Å². The van der Waals surface area contributed by atoms with Gasteiger partial charge in [0.25, 0.3) is 0 Å². The molecule has 1 N–H and O–H groups in total. The van der Waals surface area contributed by atoms with Crippen molar-refractivity contribution in [1.82, 2.24) is 5.32 Å². The minimum Gasteiger partial charge on any atom is -0.356 e. The second-order valence-electron chi connectivity index (χ2n) is 4.44. The fourth-order valence-corrected chi connectivity index (χ4v) is 2.33. The summed E-state index contributed by atoms with van der Waals surface area (Å²) in [7, 11) is 0. The van der Waals surface area contributed by atoms with Crippen LogP contribution in [-0.2, 0) is 11.2 Å². The number of hydrogen-bond donors (Lipinski definition) is 1. The van der Waals surface area contributed by atoms with E-state index in [0.717, 1.165) is 19.4 Å². The van der Waals surface area contributed by atoms with Gasteiger partial charge in [0.15, 0.2) is 0 Å². The highest BCUT2D eigenvalue weighted by molar-refractivity contribution is 14.1. The molecule has 0 atom stereocenters. The Balaban J connectivity index is 2.01. The Hall–Kier alpha value is -0.580. The number of rotatable bonds is 9. The van der Waals surface area contributed by atoms with Crippen LogP contribution < -0.4 is 5.32 Å². The van der Waals surface area contributed by atoms with Crippen LogP contribution in [0, 0.1) is 0 Å². The maximum absolute atomic E-state index is 11.6. The number of halogens is 1. The average molecular weight is 359 g/mol. The first-order valence-corrected chi connectivity index (χ1v) is 8.22. The first-order valence-electron chi connectivity index (χ1n) is 6.69. The Labute approximate surface area is 124 Å². The summed E-state index contributed by atoms with van der Waals surface area (Å²) in [5.41, 5.74) is 1.23. The third-order valence-corrected chi connectivity index (χ3v) is 3.63. The zero-order valence-corrected chi connectivity index (χ0v) is 13.0. The molecule has 0 aromatic heterocycles. The number of aryl methyl sites for hydroxylation is 1. The molecule has 3 heteroatoms. The van der Waals surface area contributed by atoms with Crippen LogP contribution in [0.15, 0.2) is 30.3 Å². The number of carbonyl (C=O) groups is 1. The van der Waals surface area contributed by atoms with Crippen molar-refractivity contribution in [2.45, 2.75) is 38.5 Å². The monoisotopic (exact) mass is 359 g/mol. The molecule has 1 amide bonds. The van der Waals surface area contributed by atoms with Gasteiger partial charge in [-0.15, -0.1) is 0 Å². The normalized spacial score (nSPS) is 10.3. The largest absolute Gasteiger partial charge is 0.356 e. The molecule has 0 radical (unpaired) electrons. The van der Waals surface area contributed by atoms with Crippen LogP contribution in [0.2, 0.25) is 0 Å². The Morgan fingerprint density at radius 1 is 1.06 bits per heavy atom. The van der Waals surface area contributed by atoms with Crippen LogP contribution in [0.4, 0.5) is 0 Å². The van der Waals surface area contributed by atoms with Crippen LogP contribution >= 0.6 is 22.6 Å². The Bertz CT molecular complexity index is 327. The number of amides is 1. The van der Waals surface area contributed by atoms with Crippen molar-refractivity contribution in [2.24, 2.45) is 0 Å². The van der Waals surface area contributed by atoms with Gasteiger partial charge in [-0.2, -0.15) is 0 Å². The van der Waals surface area contributed by atoms with Gasteiger partial charge in [-0.3, -0.25) is 4.79 Å². The van der Waals surface area contributed by atoms with Gasteiger partial charge >= 0.3 is 0 Å². The Kier molecular flexibility index (Phi) is 8.90. The van der Waals surface area contributed by atoms with Gasteiger partial charge in [0.05, 0.1) is 0 Å². The third kappa shape index (κ3) is 7.69. The standard InChI is InChI=1S/C15H22INO/c16-12-6-1-2-7-13-17-15(18)11-10-14-8-4-3-5-9-14/h3-5,8-9H,1-2,6-7,10-13H2,(H,17,18). The van der Waals surface area contributed by atoms with E-state index in [4.69, 9.17) is 0 Å². The zero-order chi connectivity index (χ0) is 13.1. The van der Waals surface area contributed by atoms with Crippen molar-refractivity contribution in [1.29, 1.82) is 0 Å². The highest BCUT2D eigenvalue weighted by atomic mass is 127. The van der Waals surface area contributed by atoms with E-state index in [9.17, 15) is 4.79 Å². The lowest BCUT2D eigenvalue weighted by Gasteiger charge is -2.05. The van der Waals surface area contributed by atoms with E-state index in [2.05, 4.69) is 40.0 Å². The first-order chi connectivity index (χ1) is 8.83. The van der Waals surface area contributed by atoms with Crippen molar-refractivity contribution < 1.29 is 4.79 Å². The molecular formula is C15H22INO. The summed E-state index contributed by atoms with van der Waals surface area (Å²) in [6.07, 6.45) is 6.33. The summed E-state index contributed by atoms with van der Waals surface area (Å²) in [5, 5.41) is 2.99. The van der Waals surface area contributed by atoms with Gasteiger partial charge < -0.3 is 5.32 Å². The fourth-order valence-electron chi connectivity index (χ4n) is 1.79. The molecule has 1 aromatic rings. The lowest BCUT2D eigenvalue weighted by molar-refractivity contribution is -0.121. The number of unbranched alkanes of at least 4 members (excludes halogenated alkanes) is 3. The SMILES string of the molecule is O=C(CCc1ccccc1)NCCCCCCI. The molecule has 0 heterocycles. The molecule has 0 saturated carbocycles. The number of nitrogens with one attached hydrogen (secondary N) is 1. The van der Waals surface area contributed by atoms with E-state index >= 15 is 0 Å². The summed E-state index contributed by atoms with van der Waals surface area (Å²) in [6, 6.07) is 10.2. The van der Waals surface area contributed by atoms with E-state index in [0.29, 0.717) is 6.42 Å². The molecule has 18 heavy (non-hydrogen) atoms. The summed E-state index contributed by atoms with van der Waals surface area (Å²) in [6.45, 7) is 0.828. The van der Waals surface area contributed by atoms with Gasteiger partial charge in [-0.1, -0.05) is 65.8 Å². The molecule has 0 aliphatic carbocycles. The Morgan fingerprint density at radius 2 is 1.78 bits per heavy atom. The lowest BCUT2D eigenvalue weighted by Crippen LogP contribution is -2.24. The molecule has 0 aliphatic heterocycles. The zero-order valence-electron chi connectivity index (χ0n) is 10.8. The van der Waals surface area contributed by atoms with Crippen LogP contribution in [0.1, 0.15) is 37.7 Å². The molecule has 0 bridgehead atoms. The molecule has 0 spiro atoms. The summed E-state index contributed by atoms with van der Waals surface area (Å²) in [4.78, 5) is 11.6. The highest BCUT2D eigenvalue weighted by Gasteiger charge is 2.01. The van der Waals surface area contributed by atoms with E-state index in [1.54, 1.807) is 0 Å². The second-order valence-corrected chi connectivity index (χ2v) is 5.52. The predicted octanol–water partition coefficient (Wildman–Crippen LogP) is 3.73. The molecule has 2 nitrogen and oxygen atoms in total. The van der Waals surface area contributed by atoms with Crippen LogP contribution in [0.3, 0.4) is 0 Å². The molecule has 100 valence electrons. The van der Waals surface area contributed by atoms with E-state index < -0.39 is 0 Å². The summed E-state index contributed by atoms with van der Waals surface area (Å²) < 4.78 is 1.24. The second kappa shape index (κ2) is 10.4. The van der Waals surface area contributed by atoms with Crippen LogP contribution in [0.5, 0.6) is 0 Å². The molecule has 0 fully saturated rings. The molecule has 1 aromatic carbocycles. The molecule has 0 aliphatic rings. The molecule has 0 saturated heterocycles. The maximum atomic E-state index is 11.6. The van der Waals surface area contributed by atoms with Gasteiger partial charge in [0.1, 0.15) is 0 Å². The van der Waals surface area contributed by atoms with Crippen LogP contribution in [0.25, 0.3) is 0 Å². The summed E-state index contributed by atoms with van der Waals surface area (Å²) >= 11 is 2.41. The van der Waals surface area contributed by atoms with Crippen molar-refractivity contribution >= 4 is 28.5 Å². The van der Waals surface area contributed by atoms with Gasteiger partial charge in [0.2, 0.25) is 5.91 Å². The third-order valence-electron chi connectivity index (χ3n) is 2.87. The van der Waals surface area contributed by atoms with Crippen molar-refractivity contribution in [3.05, 3.63) is 35.9 Å². The van der Waals surface area contributed by atoms with Gasteiger partial charge in [-0.25, -0.2) is 0 Å². The quantitative estimate of drug-likeness (QED) is 0.406.